The van der Waals surface area contributed by atoms with Crippen LogP contribution in [0.1, 0.15) is 20.8 Å². The predicted molar refractivity (Wildman–Crippen MR) is 39.7 cm³/mol. The summed E-state index contributed by atoms with van der Waals surface area (Å²) in [6.45, 7) is 5.54. The first-order valence-electron chi connectivity index (χ1n) is 3.44. The minimum Gasteiger partial charge on any atom is -0.366 e. The van der Waals surface area contributed by atoms with Crippen LogP contribution in [0.5, 0.6) is 0 Å². The molecule has 0 rings (SSSR count). The highest BCUT2D eigenvalue weighted by atomic mass is 16.5. The number of hydrogen-bond donors (Lipinski definition) is 1. The number of rotatable bonds is 4. The highest BCUT2D eigenvalue weighted by Gasteiger charge is 2.10. The maximum absolute atomic E-state index is 10.6. The van der Waals surface area contributed by atoms with Crippen molar-refractivity contribution in [2.45, 2.75) is 33.0 Å². The summed E-state index contributed by atoms with van der Waals surface area (Å²) in [5.41, 5.74) is 5.28. The van der Waals surface area contributed by atoms with Crippen LogP contribution in [-0.2, 0) is 9.53 Å². The van der Waals surface area contributed by atoms with Gasteiger partial charge < -0.3 is 10.5 Å². The van der Waals surface area contributed by atoms with Crippen molar-refractivity contribution in [2.75, 3.05) is 6.54 Å². The van der Waals surface area contributed by atoms with Crippen molar-refractivity contribution in [3.8, 4) is 0 Å². The fourth-order valence-corrected chi connectivity index (χ4v) is 0.500. The van der Waals surface area contributed by atoms with Gasteiger partial charge in [0.05, 0.1) is 6.10 Å². The minimum absolute atomic E-state index is 0.0288. The molecule has 0 saturated carbocycles. The molecular formula is C7H15NO2. The quantitative estimate of drug-likeness (QED) is 0.620. The van der Waals surface area contributed by atoms with E-state index in [0.717, 1.165) is 0 Å². The molecule has 3 heteroatoms. The molecule has 3 nitrogen and oxygen atoms in total. The minimum atomic E-state index is -0.321. The van der Waals surface area contributed by atoms with Crippen molar-refractivity contribution < 1.29 is 9.53 Å². The summed E-state index contributed by atoms with van der Waals surface area (Å²) in [4.78, 5) is 10.6. The topological polar surface area (TPSA) is 52.3 Å². The van der Waals surface area contributed by atoms with E-state index in [1.54, 1.807) is 6.92 Å². The van der Waals surface area contributed by atoms with Gasteiger partial charge in [-0.2, -0.15) is 0 Å². The first-order chi connectivity index (χ1) is 4.57. The zero-order valence-electron chi connectivity index (χ0n) is 6.76. The summed E-state index contributed by atoms with van der Waals surface area (Å²) in [5, 5.41) is 0. The molecule has 0 aromatic carbocycles. The molecule has 60 valence electrons. The Balaban J connectivity index is 3.56. The van der Waals surface area contributed by atoms with Gasteiger partial charge in [0, 0.05) is 6.54 Å². The molecular weight excluding hydrogens is 130 g/mol. The summed E-state index contributed by atoms with van der Waals surface area (Å²) in [7, 11) is 0. The summed E-state index contributed by atoms with van der Waals surface area (Å²) < 4.78 is 5.19. The summed E-state index contributed by atoms with van der Waals surface area (Å²) in [6.07, 6.45) is -0.350. The van der Waals surface area contributed by atoms with Crippen molar-refractivity contribution in [3.05, 3.63) is 0 Å². The van der Waals surface area contributed by atoms with E-state index in [9.17, 15) is 4.79 Å². The van der Waals surface area contributed by atoms with E-state index < -0.39 is 0 Å². The monoisotopic (exact) mass is 145 g/mol. The van der Waals surface area contributed by atoms with Crippen molar-refractivity contribution in [3.63, 3.8) is 0 Å². The number of ether oxygens (including phenoxy) is 1. The second-order valence-corrected chi connectivity index (χ2v) is 2.44. The number of ketones is 1. The molecule has 2 N–H and O–H groups in total. The Morgan fingerprint density at radius 3 is 2.40 bits per heavy atom. The second-order valence-electron chi connectivity index (χ2n) is 2.44. The van der Waals surface area contributed by atoms with E-state index >= 15 is 0 Å². The smallest absolute Gasteiger partial charge is 0.158 e. The molecule has 0 aliphatic rings. The number of nitrogens with two attached hydrogens (primary N) is 1. The normalized spacial score (nSPS) is 16.4. The lowest BCUT2D eigenvalue weighted by atomic mass is 10.3. The van der Waals surface area contributed by atoms with E-state index in [1.165, 1.54) is 6.92 Å². The van der Waals surface area contributed by atoms with Crippen molar-refractivity contribution >= 4 is 5.78 Å². The third kappa shape index (κ3) is 3.58. The van der Waals surface area contributed by atoms with Gasteiger partial charge in [-0.25, -0.2) is 0 Å². The molecule has 0 aromatic rings. The van der Waals surface area contributed by atoms with Gasteiger partial charge in [0.2, 0.25) is 0 Å². The molecule has 0 spiro atoms. The van der Waals surface area contributed by atoms with Crippen LogP contribution in [0.25, 0.3) is 0 Å². The molecule has 0 saturated heterocycles. The zero-order chi connectivity index (χ0) is 8.15. The summed E-state index contributed by atoms with van der Waals surface area (Å²) in [5.74, 6) is 0.0419. The molecule has 0 radical (unpaired) electrons. The lowest BCUT2D eigenvalue weighted by Gasteiger charge is -2.14. The Labute approximate surface area is 61.5 Å². The maximum Gasteiger partial charge on any atom is 0.158 e. The Morgan fingerprint density at radius 2 is 2.10 bits per heavy atom. The molecule has 0 bridgehead atoms. The van der Waals surface area contributed by atoms with E-state index in [1.807, 2.05) is 6.92 Å². The lowest BCUT2D eigenvalue weighted by Crippen LogP contribution is -2.28. The summed E-state index contributed by atoms with van der Waals surface area (Å²) in [6, 6.07) is 0. The molecule has 0 aromatic heterocycles. The fourth-order valence-electron chi connectivity index (χ4n) is 0.500. The lowest BCUT2D eigenvalue weighted by molar-refractivity contribution is -0.129. The van der Waals surface area contributed by atoms with Crippen molar-refractivity contribution in [1.82, 2.24) is 0 Å². The first kappa shape index (κ1) is 9.59. The second kappa shape index (κ2) is 4.41. The SMILES string of the molecule is CC(=O)C(C)OC(C)CN. The van der Waals surface area contributed by atoms with Gasteiger partial charge in [-0.05, 0) is 20.8 Å². The van der Waals surface area contributed by atoms with Gasteiger partial charge in [-0.15, -0.1) is 0 Å². The van der Waals surface area contributed by atoms with Gasteiger partial charge in [0.15, 0.2) is 5.78 Å². The van der Waals surface area contributed by atoms with Gasteiger partial charge in [0.25, 0.3) is 0 Å². The third-order valence-corrected chi connectivity index (χ3v) is 1.34. The predicted octanol–water partition coefficient (Wildman–Crippen LogP) is 0.328. The Morgan fingerprint density at radius 1 is 1.60 bits per heavy atom. The van der Waals surface area contributed by atoms with Crippen LogP contribution in [0.4, 0.5) is 0 Å². The molecule has 0 aliphatic carbocycles. The number of hydrogen-bond acceptors (Lipinski definition) is 3. The average Bonchev–Trinajstić information content (AvgIpc) is 1.87. The van der Waals surface area contributed by atoms with Gasteiger partial charge in [-0.1, -0.05) is 0 Å². The van der Waals surface area contributed by atoms with Crippen molar-refractivity contribution in [2.24, 2.45) is 5.73 Å². The zero-order valence-corrected chi connectivity index (χ0v) is 6.76. The molecule has 0 heterocycles. The highest BCUT2D eigenvalue weighted by Crippen LogP contribution is 1.96. The van der Waals surface area contributed by atoms with Gasteiger partial charge in [0.1, 0.15) is 6.10 Å². The average molecular weight is 145 g/mol. The van der Waals surface area contributed by atoms with Crippen LogP contribution in [0.2, 0.25) is 0 Å². The van der Waals surface area contributed by atoms with E-state index in [-0.39, 0.29) is 18.0 Å². The number of carbonyl (C=O) groups excluding carboxylic acids is 1. The van der Waals surface area contributed by atoms with Gasteiger partial charge >= 0.3 is 0 Å². The Hall–Kier alpha value is -0.410. The molecule has 0 fully saturated rings. The third-order valence-electron chi connectivity index (χ3n) is 1.34. The standard InChI is InChI=1S/C7H15NO2/c1-5(4-8)10-7(3)6(2)9/h5,7H,4,8H2,1-3H3. The Kier molecular flexibility index (Phi) is 4.23. The van der Waals surface area contributed by atoms with Crippen molar-refractivity contribution in [1.29, 1.82) is 0 Å². The van der Waals surface area contributed by atoms with Crippen LogP contribution in [-0.4, -0.2) is 24.5 Å². The van der Waals surface area contributed by atoms with E-state index in [0.29, 0.717) is 6.54 Å². The summed E-state index contributed by atoms with van der Waals surface area (Å²) >= 11 is 0. The number of Topliss-reactive ketones (excluding diaryl/α,β-unsaturated/α-hetero) is 1. The molecule has 2 unspecified atom stereocenters. The largest absolute Gasteiger partial charge is 0.366 e. The van der Waals surface area contributed by atoms with Crippen LogP contribution in [0.3, 0.4) is 0 Å². The van der Waals surface area contributed by atoms with Crippen LogP contribution in [0.15, 0.2) is 0 Å². The molecule has 2 atom stereocenters. The van der Waals surface area contributed by atoms with Crippen LogP contribution >= 0.6 is 0 Å². The van der Waals surface area contributed by atoms with Crippen LogP contribution < -0.4 is 5.73 Å². The van der Waals surface area contributed by atoms with Crippen LogP contribution in [0, 0.1) is 0 Å². The first-order valence-corrected chi connectivity index (χ1v) is 3.44. The fraction of sp³-hybridized carbons (Fsp3) is 0.857. The highest BCUT2D eigenvalue weighted by molar-refractivity contribution is 5.79. The number of carbonyl (C=O) groups is 1. The maximum atomic E-state index is 10.6. The molecule has 0 aliphatic heterocycles. The van der Waals surface area contributed by atoms with E-state index in [2.05, 4.69) is 0 Å². The van der Waals surface area contributed by atoms with Gasteiger partial charge in [-0.3, -0.25) is 4.79 Å². The molecule has 0 amide bonds. The van der Waals surface area contributed by atoms with E-state index in [4.69, 9.17) is 10.5 Å². The molecule has 10 heavy (non-hydrogen) atoms. The Bertz CT molecular complexity index is 114.